The van der Waals surface area contributed by atoms with Crippen LogP contribution in [0.3, 0.4) is 0 Å². The van der Waals surface area contributed by atoms with Crippen molar-refractivity contribution in [3.8, 4) is 17.0 Å². The van der Waals surface area contributed by atoms with Crippen LogP contribution in [-0.4, -0.2) is 28.0 Å². The summed E-state index contributed by atoms with van der Waals surface area (Å²) in [6.07, 6.45) is 1.16. The van der Waals surface area contributed by atoms with E-state index in [1.165, 1.54) is 0 Å². The van der Waals surface area contributed by atoms with Crippen LogP contribution < -0.4 is 4.74 Å². The first-order valence-corrected chi connectivity index (χ1v) is 9.79. The molecule has 0 amide bonds. The second kappa shape index (κ2) is 7.49. The van der Waals surface area contributed by atoms with E-state index >= 15 is 0 Å². The fourth-order valence-corrected chi connectivity index (χ4v) is 4.50. The number of thiazole rings is 1. The third kappa shape index (κ3) is 3.70. The quantitative estimate of drug-likeness (QED) is 0.566. The summed E-state index contributed by atoms with van der Waals surface area (Å²) in [4.78, 5) is 4.70. The highest BCUT2D eigenvalue weighted by molar-refractivity contribution is 7.99. The number of aryl methyl sites for hydroxylation is 1. The average Bonchev–Trinajstić information content (AvgIpc) is 2.96. The molecule has 126 valence electrons. The number of rotatable bonds is 6. The van der Waals surface area contributed by atoms with Gasteiger partial charge in [0.15, 0.2) is 0 Å². The lowest BCUT2D eigenvalue weighted by molar-refractivity contribution is 0.415. The fourth-order valence-electron chi connectivity index (χ4n) is 2.35. The molecule has 0 radical (unpaired) electrons. The van der Waals surface area contributed by atoms with E-state index in [1.54, 1.807) is 30.2 Å². The molecular weight excluding hydrogens is 338 g/mol. The van der Waals surface area contributed by atoms with E-state index < -0.39 is 0 Å². The van der Waals surface area contributed by atoms with Crippen molar-refractivity contribution in [3.63, 3.8) is 0 Å². The van der Waals surface area contributed by atoms with E-state index in [9.17, 15) is 0 Å². The van der Waals surface area contributed by atoms with Crippen LogP contribution in [0.4, 0.5) is 0 Å². The zero-order valence-electron chi connectivity index (χ0n) is 14.4. The van der Waals surface area contributed by atoms with Gasteiger partial charge in [0.1, 0.15) is 22.0 Å². The van der Waals surface area contributed by atoms with Crippen LogP contribution >= 0.6 is 23.1 Å². The summed E-state index contributed by atoms with van der Waals surface area (Å²) in [5, 5.41) is 10.9. The number of fused-ring (bicyclic) bond motifs is 1. The molecule has 2 aromatic heterocycles. The molecule has 0 aliphatic carbocycles. The molecule has 24 heavy (non-hydrogen) atoms. The van der Waals surface area contributed by atoms with Gasteiger partial charge in [0.05, 0.1) is 16.8 Å². The number of methoxy groups -OCH3 is 1. The van der Waals surface area contributed by atoms with Crippen LogP contribution in [0.15, 0.2) is 29.3 Å². The standard InChI is InChI=1S/C18H21N3OS2/c1-11(2)9-10-23-18-16-17(24-12(3)19-16)15(20-21-18)13-5-7-14(22-4)8-6-13/h5-8,11H,9-10H2,1-4H3. The number of hydrogen-bond donors (Lipinski definition) is 0. The Morgan fingerprint density at radius 2 is 1.92 bits per heavy atom. The van der Waals surface area contributed by atoms with Gasteiger partial charge in [-0.05, 0) is 49.3 Å². The van der Waals surface area contributed by atoms with E-state index in [1.807, 2.05) is 31.2 Å². The van der Waals surface area contributed by atoms with Crippen LogP contribution in [0.2, 0.25) is 0 Å². The molecule has 1 aromatic carbocycles. The molecule has 0 aliphatic rings. The predicted molar refractivity (Wildman–Crippen MR) is 102 cm³/mol. The highest BCUT2D eigenvalue weighted by Gasteiger charge is 2.16. The van der Waals surface area contributed by atoms with Crippen LogP contribution in [0.5, 0.6) is 5.75 Å². The number of ether oxygens (including phenoxy) is 1. The summed E-state index contributed by atoms with van der Waals surface area (Å²) >= 11 is 3.43. The first-order valence-electron chi connectivity index (χ1n) is 7.99. The van der Waals surface area contributed by atoms with E-state index in [-0.39, 0.29) is 0 Å². The first-order chi connectivity index (χ1) is 11.6. The molecular formula is C18H21N3OS2. The smallest absolute Gasteiger partial charge is 0.146 e. The summed E-state index contributed by atoms with van der Waals surface area (Å²) in [5.41, 5.74) is 2.91. The predicted octanol–water partition coefficient (Wildman–Crippen LogP) is 5.21. The molecule has 3 aromatic rings. The number of hydrogen-bond acceptors (Lipinski definition) is 6. The van der Waals surface area contributed by atoms with Crippen molar-refractivity contribution in [1.82, 2.24) is 15.2 Å². The van der Waals surface area contributed by atoms with Gasteiger partial charge in [0.25, 0.3) is 0 Å². The van der Waals surface area contributed by atoms with Crippen molar-refractivity contribution in [2.45, 2.75) is 32.2 Å². The molecule has 0 fully saturated rings. The summed E-state index contributed by atoms with van der Waals surface area (Å²) in [6, 6.07) is 7.93. The molecule has 0 spiro atoms. The Hall–Kier alpha value is -1.66. The van der Waals surface area contributed by atoms with E-state index in [0.29, 0.717) is 5.92 Å². The van der Waals surface area contributed by atoms with Gasteiger partial charge in [0, 0.05) is 5.56 Å². The van der Waals surface area contributed by atoms with E-state index in [4.69, 9.17) is 9.72 Å². The van der Waals surface area contributed by atoms with Gasteiger partial charge in [-0.3, -0.25) is 0 Å². The molecule has 4 nitrogen and oxygen atoms in total. The van der Waals surface area contributed by atoms with Gasteiger partial charge >= 0.3 is 0 Å². The lowest BCUT2D eigenvalue weighted by Gasteiger charge is -2.07. The Bertz CT molecular complexity index is 828. The Morgan fingerprint density at radius 1 is 1.17 bits per heavy atom. The van der Waals surface area contributed by atoms with Crippen molar-refractivity contribution in [3.05, 3.63) is 29.3 Å². The lowest BCUT2D eigenvalue weighted by Crippen LogP contribution is -1.95. The molecule has 2 heterocycles. The van der Waals surface area contributed by atoms with Gasteiger partial charge in [-0.2, -0.15) is 0 Å². The zero-order valence-corrected chi connectivity index (χ0v) is 16.0. The molecule has 0 bridgehead atoms. The number of benzene rings is 1. The molecule has 0 atom stereocenters. The SMILES string of the molecule is COc1ccc(-c2nnc(SCCC(C)C)c3nc(C)sc23)cc1. The minimum atomic E-state index is 0.691. The Morgan fingerprint density at radius 3 is 2.58 bits per heavy atom. The zero-order chi connectivity index (χ0) is 17.1. The van der Waals surface area contributed by atoms with Crippen molar-refractivity contribution in [2.24, 2.45) is 5.92 Å². The van der Waals surface area contributed by atoms with Crippen LogP contribution in [0, 0.1) is 12.8 Å². The fraction of sp³-hybridized carbons (Fsp3) is 0.389. The van der Waals surface area contributed by atoms with E-state index in [0.717, 1.165) is 49.4 Å². The monoisotopic (exact) mass is 359 g/mol. The van der Waals surface area contributed by atoms with Crippen molar-refractivity contribution in [2.75, 3.05) is 12.9 Å². The molecule has 0 N–H and O–H groups in total. The second-order valence-electron chi connectivity index (χ2n) is 6.02. The van der Waals surface area contributed by atoms with Crippen LogP contribution in [0.1, 0.15) is 25.3 Å². The normalized spacial score (nSPS) is 11.4. The van der Waals surface area contributed by atoms with Gasteiger partial charge in [0.2, 0.25) is 0 Å². The largest absolute Gasteiger partial charge is 0.497 e. The number of thioether (sulfide) groups is 1. The van der Waals surface area contributed by atoms with Gasteiger partial charge in [-0.1, -0.05) is 13.8 Å². The third-order valence-electron chi connectivity index (χ3n) is 3.69. The minimum absolute atomic E-state index is 0.691. The minimum Gasteiger partial charge on any atom is -0.497 e. The van der Waals surface area contributed by atoms with Crippen LogP contribution in [0.25, 0.3) is 21.5 Å². The van der Waals surface area contributed by atoms with Crippen molar-refractivity contribution < 1.29 is 4.74 Å². The third-order valence-corrected chi connectivity index (χ3v) is 5.66. The second-order valence-corrected chi connectivity index (χ2v) is 8.31. The Labute approximate surface area is 150 Å². The highest BCUT2D eigenvalue weighted by Crippen LogP contribution is 2.36. The molecule has 3 rings (SSSR count). The molecule has 0 aliphatic heterocycles. The maximum absolute atomic E-state index is 5.23. The average molecular weight is 360 g/mol. The van der Waals surface area contributed by atoms with Crippen LogP contribution in [-0.2, 0) is 0 Å². The first kappa shape index (κ1) is 17.2. The highest BCUT2D eigenvalue weighted by atomic mass is 32.2. The van der Waals surface area contributed by atoms with Crippen molar-refractivity contribution in [1.29, 1.82) is 0 Å². The lowest BCUT2D eigenvalue weighted by atomic mass is 10.1. The maximum atomic E-state index is 5.23. The topological polar surface area (TPSA) is 47.9 Å². The van der Waals surface area contributed by atoms with Gasteiger partial charge in [-0.15, -0.1) is 33.3 Å². The number of nitrogens with zero attached hydrogens (tertiary/aromatic N) is 3. The summed E-state index contributed by atoms with van der Waals surface area (Å²) < 4.78 is 6.34. The molecule has 6 heteroatoms. The Kier molecular flexibility index (Phi) is 5.36. The van der Waals surface area contributed by atoms with Gasteiger partial charge < -0.3 is 4.74 Å². The summed E-state index contributed by atoms with van der Waals surface area (Å²) in [6.45, 7) is 6.51. The van der Waals surface area contributed by atoms with E-state index in [2.05, 4.69) is 24.0 Å². The molecule has 0 saturated carbocycles. The summed E-state index contributed by atoms with van der Waals surface area (Å²) in [7, 11) is 1.67. The van der Waals surface area contributed by atoms with Crippen molar-refractivity contribution >= 4 is 33.3 Å². The summed E-state index contributed by atoms with van der Waals surface area (Å²) in [5.74, 6) is 2.57. The van der Waals surface area contributed by atoms with Gasteiger partial charge in [-0.25, -0.2) is 4.98 Å². The number of aromatic nitrogens is 3. The molecule has 0 unspecified atom stereocenters. The maximum Gasteiger partial charge on any atom is 0.146 e. The Balaban J connectivity index is 1.98. The molecule has 0 saturated heterocycles.